The molecule has 0 radical (unpaired) electrons. The molecule has 1 N–H and O–H groups in total. The predicted molar refractivity (Wildman–Crippen MR) is 88.1 cm³/mol. The van der Waals surface area contributed by atoms with Crippen LogP contribution in [0.15, 0.2) is 30.5 Å². The van der Waals surface area contributed by atoms with Gasteiger partial charge >= 0.3 is 6.03 Å². The molecule has 1 unspecified atom stereocenters. The summed E-state index contributed by atoms with van der Waals surface area (Å²) in [5, 5.41) is 19.9. The lowest BCUT2D eigenvalue weighted by molar-refractivity contribution is -0.127. The Morgan fingerprint density at radius 2 is 2.08 bits per heavy atom. The quantitative estimate of drug-likeness (QED) is 0.830. The average Bonchev–Trinajstić information content (AvgIpc) is 3.16. The molecule has 2 aromatic rings. The molecule has 0 spiro atoms. The lowest BCUT2D eigenvalue weighted by atomic mass is 10.1. The smallest absolute Gasteiger partial charge is 0.325 e. The maximum absolute atomic E-state index is 12.6. The Labute approximate surface area is 145 Å². The van der Waals surface area contributed by atoms with Gasteiger partial charge in [0.2, 0.25) is 0 Å². The summed E-state index contributed by atoms with van der Waals surface area (Å²) in [4.78, 5) is 25.9. The number of aromatic nitrogens is 3. The van der Waals surface area contributed by atoms with Gasteiger partial charge in [-0.05, 0) is 25.5 Å². The highest BCUT2D eigenvalue weighted by molar-refractivity contribution is 6.04. The number of nitriles is 1. The van der Waals surface area contributed by atoms with Gasteiger partial charge in [0.25, 0.3) is 5.91 Å². The molecule has 2 heterocycles. The fourth-order valence-corrected chi connectivity index (χ4v) is 2.67. The molecule has 25 heavy (non-hydrogen) atoms. The molecule has 0 aliphatic carbocycles. The van der Waals surface area contributed by atoms with Crippen molar-refractivity contribution in [1.29, 1.82) is 5.26 Å². The minimum atomic E-state index is -0.668. The lowest BCUT2D eigenvalue weighted by Crippen LogP contribution is -2.32. The van der Waals surface area contributed by atoms with Crippen molar-refractivity contribution in [2.45, 2.75) is 38.9 Å². The maximum atomic E-state index is 12.6. The Morgan fingerprint density at radius 1 is 1.32 bits per heavy atom. The number of carbonyl (C=O) groups excluding carboxylic acids is 2. The van der Waals surface area contributed by atoms with E-state index in [-0.39, 0.29) is 24.9 Å². The van der Waals surface area contributed by atoms with E-state index in [9.17, 15) is 9.59 Å². The molecule has 8 heteroatoms. The first-order valence-electron chi connectivity index (χ1n) is 8.00. The zero-order chi connectivity index (χ0) is 18.0. The number of imide groups is 1. The van der Waals surface area contributed by atoms with Crippen LogP contribution < -0.4 is 5.32 Å². The molecule has 1 saturated heterocycles. The minimum Gasteiger partial charge on any atom is -0.325 e. The van der Waals surface area contributed by atoms with Crippen LogP contribution in [0.5, 0.6) is 0 Å². The maximum Gasteiger partial charge on any atom is 0.325 e. The van der Waals surface area contributed by atoms with Gasteiger partial charge in [0, 0.05) is 18.7 Å². The zero-order valence-corrected chi connectivity index (χ0v) is 14.0. The number of nitrogens with one attached hydrogen (secondary N) is 1. The number of benzene rings is 1. The van der Waals surface area contributed by atoms with E-state index >= 15 is 0 Å². The number of nitrogens with zero attached hydrogens (tertiary/aromatic N) is 5. The Balaban J connectivity index is 1.72. The number of hydrogen-bond donors (Lipinski definition) is 1. The highest BCUT2D eigenvalue weighted by Crippen LogP contribution is 2.17. The molecule has 1 aliphatic rings. The molecule has 128 valence electrons. The fraction of sp³-hybridized carbons (Fsp3) is 0.353. The van der Waals surface area contributed by atoms with Crippen LogP contribution in [0.2, 0.25) is 0 Å². The van der Waals surface area contributed by atoms with Crippen LogP contribution in [0, 0.1) is 11.3 Å². The van der Waals surface area contributed by atoms with Gasteiger partial charge in [0.1, 0.15) is 6.04 Å². The number of rotatable bonds is 5. The van der Waals surface area contributed by atoms with E-state index in [0.717, 1.165) is 4.90 Å². The molecular formula is C17H18N6O2. The normalized spacial score (nSPS) is 17.0. The van der Waals surface area contributed by atoms with Crippen LogP contribution in [0.4, 0.5) is 4.79 Å². The molecule has 0 saturated carbocycles. The summed E-state index contributed by atoms with van der Waals surface area (Å²) in [5.41, 5.74) is 1.73. The lowest BCUT2D eigenvalue weighted by Gasteiger charge is -2.13. The third-order valence-corrected chi connectivity index (χ3v) is 4.07. The molecular weight excluding hydrogens is 320 g/mol. The Kier molecular flexibility index (Phi) is 4.48. The molecule has 3 rings (SSSR count). The highest BCUT2D eigenvalue weighted by atomic mass is 16.2. The van der Waals surface area contributed by atoms with Crippen molar-refractivity contribution in [3.05, 3.63) is 47.3 Å². The predicted octanol–water partition coefficient (Wildman–Crippen LogP) is 1.39. The topological polar surface area (TPSA) is 104 Å². The fourth-order valence-electron chi connectivity index (χ4n) is 2.67. The summed E-state index contributed by atoms with van der Waals surface area (Å²) in [5.74, 6) is -0.322. The van der Waals surface area contributed by atoms with Gasteiger partial charge in [-0.15, -0.1) is 5.10 Å². The first-order valence-corrected chi connectivity index (χ1v) is 8.00. The van der Waals surface area contributed by atoms with Gasteiger partial charge in [-0.2, -0.15) is 5.26 Å². The minimum absolute atomic E-state index is 0.0730. The first kappa shape index (κ1) is 16.6. The van der Waals surface area contributed by atoms with E-state index < -0.39 is 12.1 Å². The summed E-state index contributed by atoms with van der Waals surface area (Å²) in [7, 11) is 0. The van der Waals surface area contributed by atoms with Crippen molar-refractivity contribution in [2.75, 3.05) is 0 Å². The Bertz CT molecular complexity index is 851. The van der Waals surface area contributed by atoms with Crippen LogP contribution in [-0.4, -0.2) is 37.9 Å². The first-order chi connectivity index (χ1) is 12.0. The van der Waals surface area contributed by atoms with Crippen molar-refractivity contribution < 1.29 is 9.59 Å². The number of carbonyl (C=O) groups is 2. The SMILES string of the molecule is CC(C)n1cc(CC2NC(=O)N(Cc3ccccc3C#N)C2=O)nn1. The summed E-state index contributed by atoms with van der Waals surface area (Å²) < 4.78 is 1.71. The molecule has 1 aromatic heterocycles. The summed E-state index contributed by atoms with van der Waals surface area (Å²) >= 11 is 0. The Hall–Kier alpha value is -3.21. The number of hydrogen-bond acceptors (Lipinski definition) is 5. The molecule has 3 amide bonds. The van der Waals surface area contributed by atoms with Crippen LogP contribution in [0.3, 0.4) is 0 Å². The second-order valence-electron chi connectivity index (χ2n) is 6.18. The van der Waals surface area contributed by atoms with E-state index in [4.69, 9.17) is 5.26 Å². The van der Waals surface area contributed by atoms with Gasteiger partial charge in [-0.3, -0.25) is 9.69 Å². The van der Waals surface area contributed by atoms with Gasteiger partial charge in [-0.1, -0.05) is 23.4 Å². The van der Waals surface area contributed by atoms with E-state index in [1.165, 1.54) is 0 Å². The van der Waals surface area contributed by atoms with Gasteiger partial charge in [0.05, 0.1) is 23.9 Å². The largest absolute Gasteiger partial charge is 0.325 e. The number of urea groups is 1. The summed E-state index contributed by atoms with van der Waals surface area (Å²) in [6.07, 6.45) is 2.06. The third kappa shape index (κ3) is 3.35. The highest BCUT2D eigenvalue weighted by Gasteiger charge is 2.38. The zero-order valence-electron chi connectivity index (χ0n) is 14.0. The third-order valence-electron chi connectivity index (χ3n) is 4.07. The van der Waals surface area contributed by atoms with Gasteiger partial charge in [0.15, 0.2) is 0 Å². The average molecular weight is 338 g/mol. The standard InChI is InChI=1S/C17H18N6O2/c1-11(2)23-10-14(20-21-23)7-15-16(24)22(17(25)19-15)9-13-6-4-3-5-12(13)8-18/h3-6,10-11,15H,7,9H2,1-2H3,(H,19,25). The second-order valence-corrected chi connectivity index (χ2v) is 6.18. The second kappa shape index (κ2) is 6.73. The monoisotopic (exact) mass is 338 g/mol. The van der Waals surface area contributed by atoms with E-state index in [1.54, 1.807) is 35.1 Å². The molecule has 0 bridgehead atoms. The van der Waals surface area contributed by atoms with Gasteiger partial charge in [-0.25, -0.2) is 9.48 Å². The summed E-state index contributed by atoms with van der Waals surface area (Å²) in [6.45, 7) is 4.04. The van der Waals surface area contributed by atoms with E-state index in [0.29, 0.717) is 16.8 Å². The summed E-state index contributed by atoms with van der Waals surface area (Å²) in [6, 6.07) is 8.04. The molecule has 1 aromatic carbocycles. The van der Waals surface area contributed by atoms with Crippen LogP contribution in [0.25, 0.3) is 0 Å². The van der Waals surface area contributed by atoms with Crippen molar-refractivity contribution in [3.8, 4) is 6.07 Å². The molecule has 1 fully saturated rings. The molecule has 1 aliphatic heterocycles. The van der Waals surface area contributed by atoms with Crippen molar-refractivity contribution in [3.63, 3.8) is 0 Å². The number of amides is 3. The Morgan fingerprint density at radius 3 is 2.76 bits per heavy atom. The molecule has 1 atom stereocenters. The van der Waals surface area contributed by atoms with Crippen molar-refractivity contribution in [1.82, 2.24) is 25.2 Å². The molecule has 8 nitrogen and oxygen atoms in total. The van der Waals surface area contributed by atoms with E-state index in [2.05, 4.69) is 21.7 Å². The van der Waals surface area contributed by atoms with Crippen LogP contribution >= 0.6 is 0 Å². The van der Waals surface area contributed by atoms with E-state index in [1.807, 2.05) is 13.8 Å². The van der Waals surface area contributed by atoms with Crippen LogP contribution in [-0.2, 0) is 17.8 Å². The van der Waals surface area contributed by atoms with Crippen LogP contribution in [0.1, 0.15) is 36.7 Å². The van der Waals surface area contributed by atoms with Crippen molar-refractivity contribution >= 4 is 11.9 Å². The van der Waals surface area contributed by atoms with Gasteiger partial charge < -0.3 is 5.32 Å². The van der Waals surface area contributed by atoms with Crippen molar-refractivity contribution in [2.24, 2.45) is 0 Å².